The van der Waals surface area contributed by atoms with Crippen molar-refractivity contribution in [2.75, 3.05) is 12.5 Å². The number of anilines is 1. The van der Waals surface area contributed by atoms with Gasteiger partial charge in [0.05, 0.1) is 10.7 Å². The first-order chi connectivity index (χ1) is 10.0. The Morgan fingerprint density at radius 2 is 1.86 bits per heavy atom. The molecule has 112 valence electrons. The summed E-state index contributed by atoms with van der Waals surface area (Å²) < 4.78 is 0. The molecular formula is C15H18Cl2N4. The van der Waals surface area contributed by atoms with E-state index in [2.05, 4.69) is 22.2 Å². The fourth-order valence-corrected chi connectivity index (χ4v) is 2.34. The maximum atomic E-state index is 6.19. The number of halogens is 2. The van der Waals surface area contributed by atoms with Gasteiger partial charge in [-0.25, -0.2) is 10.8 Å². The number of hydrogen-bond acceptors (Lipinski definition) is 4. The van der Waals surface area contributed by atoms with Gasteiger partial charge in [-0.1, -0.05) is 35.3 Å². The second-order valence-electron chi connectivity index (χ2n) is 4.91. The molecule has 3 N–H and O–H groups in total. The van der Waals surface area contributed by atoms with Gasteiger partial charge in [-0.3, -0.25) is 4.90 Å². The molecule has 0 spiro atoms. The Balaban J connectivity index is 2.13. The summed E-state index contributed by atoms with van der Waals surface area (Å²) in [5.74, 6) is 5.98. The predicted molar refractivity (Wildman–Crippen MR) is 88.4 cm³/mol. The molecule has 4 nitrogen and oxygen atoms in total. The molecule has 0 amide bonds. The number of nitrogens with zero attached hydrogens (tertiary/aromatic N) is 2. The highest BCUT2D eigenvalue weighted by Gasteiger charge is 2.14. The second-order valence-corrected chi connectivity index (χ2v) is 5.76. The first-order valence-corrected chi connectivity index (χ1v) is 7.34. The standard InChI is InChI=1S/C15H18Cl2N4/c1-10(11-3-5-12(16)6-4-11)21(2)9-14-13(17)7-8-15(19-14)20-18/h3-8,10H,9,18H2,1-2H3,(H,19,20). The third-order valence-electron chi connectivity index (χ3n) is 3.48. The molecule has 0 aliphatic rings. The lowest BCUT2D eigenvalue weighted by atomic mass is 10.1. The zero-order chi connectivity index (χ0) is 15.4. The van der Waals surface area contributed by atoms with Gasteiger partial charge in [0, 0.05) is 17.6 Å². The molecule has 6 heteroatoms. The van der Waals surface area contributed by atoms with Crippen molar-refractivity contribution in [2.45, 2.75) is 19.5 Å². The van der Waals surface area contributed by atoms with E-state index in [-0.39, 0.29) is 6.04 Å². The molecule has 2 aromatic rings. The van der Waals surface area contributed by atoms with Crippen molar-refractivity contribution in [1.82, 2.24) is 9.88 Å². The molecule has 0 bridgehead atoms. The van der Waals surface area contributed by atoms with Gasteiger partial charge in [0.25, 0.3) is 0 Å². The highest BCUT2D eigenvalue weighted by atomic mass is 35.5. The maximum absolute atomic E-state index is 6.19. The van der Waals surface area contributed by atoms with E-state index in [0.29, 0.717) is 17.4 Å². The Labute approximate surface area is 134 Å². The molecule has 1 aromatic heterocycles. The predicted octanol–water partition coefficient (Wildman–Crippen LogP) is 3.87. The van der Waals surface area contributed by atoms with Gasteiger partial charge in [-0.15, -0.1) is 0 Å². The number of nitrogens with one attached hydrogen (secondary N) is 1. The van der Waals surface area contributed by atoms with Crippen molar-refractivity contribution >= 4 is 29.0 Å². The zero-order valence-electron chi connectivity index (χ0n) is 12.0. The molecule has 0 saturated carbocycles. The van der Waals surface area contributed by atoms with Gasteiger partial charge in [0.2, 0.25) is 0 Å². The minimum atomic E-state index is 0.217. The topological polar surface area (TPSA) is 54.2 Å². The fraction of sp³-hybridized carbons (Fsp3) is 0.267. The van der Waals surface area contributed by atoms with Gasteiger partial charge in [-0.2, -0.15) is 0 Å². The number of hydrogen-bond donors (Lipinski definition) is 2. The first kappa shape index (κ1) is 16.0. The SMILES string of the molecule is CC(c1ccc(Cl)cc1)N(C)Cc1nc(NN)ccc1Cl. The molecule has 1 aromatic carbocycles. The lowest BCUT2D eigenvalue weighted by Gasteiger charge is -2.25. The van der Waals surface area contributed by atoms with Crippen LogP contribution in [-0.4, -0.2) is 16.9 Å². The van der Waals surface area contributed by atoms with Crippen LogP contribution in [0.4, 0.5) is 5.82 Å². The monoisotopic (exact) mass is 324 g/mol. The van der Waals surface area contributed by atoms with Crippen molar-refractivity contribution in [3.05, 3.63) is 57.7 Å². The Bertz CT molecular complexity index is 601. The summed E-state index contributed by atoms with van der Waals surface area (Å²) in [6.07, 6.45) is 0. The molecule has 1 unspecified atom stereocenters. The van der Waals surface area contributed by atoms with Crippen LogP contribution < -0.4 is 11.3 Å². The number of aromatic nitrogens is 1. The average molecular weight is 325 g/mol. The molecule has 0 fully saturated rings. The molecule has 1 atom stereocenters. The molecule has 0 aliphatic heterocycles. The number of hydrazine groups is 1. The van der Waals surface area contributed by atoms with Crippen LogP contribution in [0.15, 0.2) is 36.4 Å². The van der Waals surface area contributed by atoms with E-state index in [1.807, 2.05) is 31.3 Å². The number of pyridine rings is 1. The van der Waals surface area contributed by atoms with Crippen LogP contribution in [0.25, 0.3) is 0 Å². The van der Waals surface area contributed by atoms with Gasteiger partial charge in [0.15, 0.2) is 0 Å². The Hall–Kier alpha value is -1.33. The van der Waals surface area contributed by atoms with Crippen molar-refractivity contribution < 1.29 is 0 Å². The van der Waals surface area contributed by atoms with Crippen molar-refractivity contribution in [3.8, 4) is 0 Å². The highest BCUT2D eigenvalue weighted by molar-refractivity contribution is 6.31. The zero-order valence-corrected chi connectivity index (χ0v) is 13.5. The van der Waals surface area contributed by atoms with Crippen molar-refractivity contribution in [2.24, 2.45) is 5.84 Å². The molecule has 0 radical (unpaired) electrons. The van der Waals surface area contributed by atoms with E-state index in [4.69, 9.17) is 29.0 Å². The molecule has 21 heavy (non-hydrogen) atoms. The number of rotatable bonds is 5. The molecule has 1 heterocycles. The van der Waals surface area contributed by atoms with Gasteiger partial charge < -0.3 is 5.43 Å². The minimum Gasteiger partial charge on any atom is -0.308 e. The minimum absolute atomic E-state index is 0.217. The summed E-state index contributed by atoms with van der Waals surface area (Å²) in [6, 6.07) is 11.6. The second kappa shape index (κ2) is 7.09. The lowest BCUT2D eigenvalue weighted by molar-refractivity contribution is 0.250. The maximum Gasteiger partial charge on any atom is 0.140 e. The quantitative estimate of drug-likeness (QED) is 0.647. The van der Waals surface area contributed by atoms with E-state index < -0.39 is 0 Å². The summed E-state index contributed by atoms with van der Waals surface area (Å²) in [5.41, 5.74) is 4.51. The molecule has 2 rings (SSSR count). The largest absolute Gasteiger partial charge is 0.308 e. The van der Waals surface area contributed by atoms with E-state index in [1.165, 1.54) is 5.56 Å². The third kappa shape index (κ3) is 4.08. The van der Waals surface area contributed by atoms with E-state index in [0.717, 1.165) is 10.7 Å². The smallest absolute Gasteiger partial charge is 0.140 e. The van der Waals surface area contributed by atoms with E-state index in [9.17, 15) is 0 Å². The number of nitrogen functional groups attached to an aromatic ring is 1. The average Bonchev–Trinajstić information content (AvgIpc) is 2.49. The number of benzene rings is 1. The summed E-state index contributed by atoms with van der Waals surface area (Å²) in [6.45, 7) is 2.75. The molecule has 0 aliphatic carbocycles. The van der Waals surface area contributed by atoms with Crippen LogP contribution in [0.2, 0.25) is 10.0 Å². The van der Waals surface area contributed by atoms with Gasteiger partial charge in [0.1, 0.15) is 5.82 Å². The molecule has 0 saturated heterocycles. The Kier molecular flexibility index (Phi) is 5.42. The normalized spacial score (nSPS) is 12.5. The van der Waals surface area contributed by atoms with Crippen LogP contribution in [-0.2, 0) is 6.54 Å². The van der Waals surface area contributed by atoms with Gasteiger partial charge >= 0.3 is 0 Å². The lowest BCUT2D eigenvalue weighted by Crippen LogP contribution is -2.23. The summed E-state index contributed by atoms with van der Waals surface area (Å²) in [7, 11) is 2.03. The third-order valence-corrected chi connectivity index (χ3v) is 4.08. The van der Waals surface area contributed by atoms with Gasteiger partial charge in [-0.05, 0) is 43.8 Å². The molecular weight excluding hydrogens is 307 g/mol. The van der Waals surface area contributed by atoms with Crippen LogP contribution in [0.3, 0.4) is 0 Å². The van der Waals surface area contributed by atoms with Crippen LogP contribution in [0.1, 0.15) is 24.2 Å². The van der Waals surface area contributed by atoms with Crippen LogP contribution >= 0.6 is 23.2 Å². The Morgan fingerprint density at radius 3 is 2.48 bits per heavy atom. The summed E-state index contributed by atoms with van der Waals surface area (Å²) >= 11 is 12.1. The van der Waals surface area contributed by atoms with E-state index >= 15 is 0 Å². The fourth-order valence-electron chi connectivity index (χ4n) is 2.04. The van der Waals surface area contributed by atoms with E-state index in [1.54, 1.807) is 12.1 Å². The Morgan fingerprint density at radius 1 is 1.19 bits per heavy atom. The van der Waals surface area contributed by atoms with Crippen molar-refractivity contribution in [1.29, 1.82) is 0 Å². The van der Waals surface area contributed by atoms with Crippen LogP contribution in [0.5, 0.6) is 0 Å². The number of nitrogens with two attached hydrogens (primary N) is 1. The van der Waals surface area contributed by atoms with Crippen molar-refractivity contribution in [3.63, 3.8) is 0 Å². The first-order valence-electron chi connectivity index (χ1n) is 6.59. The van der Waals surface area contributed by atoms with Crippen LogP contribution in [0, 0.1) is 0 Å². The summed E-state index contributed by atoms with van der Waals surface area (Å²) in [5, 5.41) is 1.36. The summed E-state index contributed by atoms with van der Waals surface area (Å²) in [4.78, 5) is 6.55. The highest BCUT2D eigenvalue weighted by Crippen LogP contribution is 2.24.